The lowest BCUT2D eigenvalue weighted by atomic mass is 9.50. The summed E-state index contributed by atoms with van der Waals surface area (Å²) in [6, 6.07) is 10.6. The number of benzene rings is 1. The SMILES string of the molecule is CCC(C)(CC(C)c1ccccc1)C(=O)OC12CC3CC(CC(C3)C1C)C2. The van der Waals surface area contributed by atoms with Crippen molar-refractivity contribution >= 4 is 5.97 Å². The normalized spacial score (nSPS) is 37.6. The molecule has 4 aliphatic rings. The monoisotopic (exact) mass is 368 g/mol. The Balaban J connectivity index is 1.50. The third kappa shape index (κ3) is 3.34. The van der Waals surface area contributed by atoms with Crippen molar-refractivity contribution in [1.29, 1.82) is 0 Å². The Bertz CT molecular complexity index is 667. The minimum atomic E-state index is -0.404. The van der Waals surface area contributed by atoms with E-state index in [9.17, 15) is 4.79 Å². The molecule has 4 saturated carbocycles. The number of carbonyl (C=O) groups excluding carboxylic acids is 1. The predicted molar refractivity (Wildman–Crippen MR) is 109 cm³/mol. The molecule has 0 aromatic heterocycles. The van der Waals surface area contributed by atoms with Gasteiger partial charge in [-0.25, -0.2) is 0 Å². The molecular weight excluding hydrogens is 332 g/mol. The largest absolute Gasteiger partial charge is 0.458 e. The molecule has 27 heavy (non-hydrogen) atoms. The van der Waals surface area contributed by atoms with E-state index in [1.165, 1.54) is 24.8 Å². The molecule has 0 amide bonds. The number of rotatable bonds is 6. The van der Waals surface area contributed by atoms with Crippen molar-refractivity contribution in [1.82, 2.24) is 0 Å². The van der Waals surface area contributed by atoms with Crippen molar-refractivity contribution in [2.75, 3.05) is 0 Å². The van der Waals surface area contributed by atoms with Crippen molar-refractivity contribution < 1.29 is 9.53 Å². The zero-order valence-corrected chi connectivity index (χ0v) is 17.5. The van der Waals surface area contributed by atoms with Crippen molar-refractivity contribution in [2.24, 2.45) is 29.1 Å². The molecule has 2 nitrogen and oxygen atoms in total. The van der Waals surface area contributed by atoms with E-state index >= 15 is 0 Å². The zero-order valence-electron chi connectivity index (χ0n) is 17.5. The third-order valence-corrected chi connectivity index (χ3v) is 8.44. The highest BCUT2D eigenvalue weighted by atomic mass is 16.6. The summed E-state index contributed by atoms with van der Waals surface area (Å²) in [5.74, 6) is 3.31. The molecule has 5 unspecified atom stereocenters. The van der Waals surface area contributed by atoms with Crippen LogP contribution in [0.15, 0.2) is 30.3 Å². The average molecular weight is 369 g/mol. The molecule has 5 atom stereocenters. The van der Waals surface area contributed by atoms with Crippen LogP contribution in [0.4, 0.5) is 0 Å². The maximum atomic E-state index is 13.5. The minimum Gasteiger partial charge on any atom is -0.458 e. The van der Waals surface area contributed by atoms with Crippen molar-refractivity contribution in [3.05, 3.63) is 35.9 Å². The Labute approximate surface area is 165 Å². The van der Waals surface area contributed by atoms with E-state index in [4.69, 9.17) is 4.74 Å². The van der Waals surface area contributed by atoms with Gasteiger partial charge >= 0.3 is 5.97 Å². The van der Waals surface area contributed by atoms with Gasteiger partial charge in [-0.15, -0.1) is 0 Å². The second kappa shape index (κ2) is 6.94. The van der Waals surface area contributed by atoms with Crippen LogP contribution in [0.3, 0.4) is 0 Å². The van der Waals surface area contributed by atoms with E-state index in [2.05, 4.69) is 58.0 Å². The lowest BCUT2D eigenvalue weighted by molar-refractivity contribution is -0.214. The van der Waals surface area contributed by atoms with E-state index in [1.807, 2.05) is 0 Å². The summed E-state index contributed by atoms with van der Waals surface area (Å²) in [7, 11) is 0. The maximum Gasteiger partial charge on any atom is 0.312 e. The van der Waals surface area contributed by atoms with Crippen LogP contribution < -0.4 is 0 Å². The minimum absolute atomic E-state index is 0.0570. The Morgan fingerprint density at radius 3 is 2.41 bits per heavy atom. The lowest BCUT2D eigenvalue weighted by Gasteiger charge is -2.59. The molecule has 4 aliphatic carbocycles. The lowest BCUT2D eigenvalue weighted by Crippen LogP contribution is -2.59. The first-order valence-corrected chi connectivity index (χ1v) is 11.1. The van der Waals surface area contributed by atoms with Crippen LogP contribution in [-0.4, -0.2) is 11.6 Å². The third-order valence-electron chi connectivity index (χ3n) is 8.44. The molecule has 0 heterocycles. The molecule has 0 N–H and O–H groups in total. The van der Waals surface area contributed by atoms with Crippen LogP contribution in [-0.2, 0) is 9.53 Å². The Morgan fingerprint density at radius 1 is 1.19 bits per heavy atom. The Morgan fingerprint density at radius 2 is 1.81 bits per heavy atom. The van der Waals surface area contributed by atoms with E-state index in [0.717, 1.165) is 43.4 Å². The summed E-state index contributed by atoms with van der Waals surface area (Å²) in [5.41, 5.74) is 0.740. The fourth-order valence-electron chi connectivity index (χ4n) is 6.65. The van der Waals surface area contributed by atoms with Gasteiger partial charge in [-0.1, -0.05) is 51.1 Å². The highest BCUT2D eigenvalue weighted by Crippen LogP contribution is 2.60. The highest BCUT2D eigenvalue weighted by Gasteiger charge is 2.58. The van der Waals surface area contributed by atoms with Gasteiger partial charge in [0.25, 0.3) is 0 Å². The van der Waals surface area contributed by atoms with Crippen molar-refractivity contribution in [2.45, 2.75) is 84.2 Å². The van der Waals surface area contributed by atoms with Crippen LogP contribution in [0, 0.1) is 29.1 Å². The molecule has 4 bridgehead atoms. The van der Waals surface area contributed by atoms with Crippen molar-refractivity contribution in [3.8, 4) is 0 Å². The summed E-state index contributed by atoms with van der Waals surface area (Å²) < 4.78 is 6.52. The van der Waals surface area contributed by atoms with Crippen LogP contribution in [0.1, 0.15) is 84.1 Å². The van der Waals surface area contributed by atoms with Crippen LogP contribution in [0.5, 0.6) is 0 Å². The molecule has 4 fully saturated rings. The zero-order chi connectivity index (χ0) is 19.2. The van der Waals surface area contributed by atoms with Gasteiger partial charge in [0.2, 0.25) is 0 Å². The standard InChI is InChI=1S/C25H36O2/c1-5-24(4,14-17(2)21-9-7-6-8-10-21)23(26)27-25-15-19-11-20(16-25)13-22(12-19)18(25)3/h6-10,17-20,22H,5,11-16H2,1-4H3. The molecule has 0 spiro atoms. The van der Waals surface area contributed by atoms with Gasteiger partial charge in [-0.05, 0) is 87.0 Å². The van der Waals surface area contributed by atoms with E-state index < -0.39 is 5.41 Å². The quantitative estimate of drug-likeness (QED) is 0.547. The number of ether oxygens (including phenoxy) is 1. The van der Waals surface area contributed by atoms with Crippen molar-refractivity contribution in [3.63, 3.8) is 0 Å². The summed E-state index contributed by atoms with van der Waals surface area (Å²) in [6.45, 7) is 8.86. The average Bonchev–Trinajstić information content (AvgIpc) is 2.65. The van der Waals surface area contributed by atoms with E-state index in [1.54, 1.807) is 0 Å². The Kier molecular flexibility index (Phi) is 4.89. The Hall–Kier alpha value is -1.31. The van der Waals surface area contributed by atoms with Crippen LogP contribution in [0.25, 0.3) is 0 Å². The molecule has 5 rings (SSSR count). The molecular formula is C25H36O2. The van der Waals surface area contributed by atoms with E-state index in [-0.39, 0.29) is 11.6 Å². The molecule has 0 aliphatic heterocycles. The van der Waals surface area contributed by atoms with Gasteiger partial charge in [0, 0.05) is 0 Å². The topological polar surface area (TPSA) is 26.3 Å². The van der Waals surface area contributed by atoms with Crippen LogP contribution in [0.2, 0.25) is 0 Å². The number of esters is 1. The van der Waals surface area contributed by atoms with Gasteiger partial charge in [-0.2, -0.15) is 0 Å². The molecule has 0 saturated heterocycles. The second-order valence-electron chi connectivity index (χ2n) is 10.3. The van der Waals surface area contributed by atoms with Gasteiger partial charge < -0.3 is 4.74 Å². The fourth-order valence-corrected chi connectivity index (χ4v) is 6.65. The van der Waals surface area contributed by atoms with Gasteiger partial charge in [0.05, 0.1) is 5.41 Å². The fraction of sp³-hybridized carbons (Fsp3) is 0.720. The molecule has 148 valence electrons. The smallest absolute Gasteiger partial charge is 0.312 e. The first-order chi connectivity index (χ1) is 12.8. The van der Waals surface area contributed by atoms with Gasteiger partial charge in [0.15, 0.2) is 0 Å². The number of hydrogen-bond acceptors (Lipinski definition) is 2. The second-order valence-corrected chi connectivity index (χ2v) is 10.3. The molecule has 2 heteroatoms. The highest BCUT2D eigenvalue weighted by molar-refractivity contribution is 5.77. The first-order valence-electron chi connectivity index (χ1n) is 11.1. The molecule has 1 aromatic carbocycles. The van der Waals surface area contributed by atoms with Gasteiger partial charge in [0.1, 0.15) is 5.60 Å². The summed E-state index contributed by atoms with van der Waals surface area (Å²) in [6.07, 6.45) is 8.03. The first kappa shape index (κ1) is 19.0. The maximum absolute atomic E-state index is 13.5. The summed E-state index contributed by atoms with van der Waals surface area (Å²) in [4.78, 5) is 13.5. The predicted octanol–water partition coefficient (Wildman–Crippen LogP) is 6.35. The number of hydrogen-bond donors (Lipinski definition) is 0. The summed E-state index contributed by atoms with van der Waals surface area (Å²) in [5, 5.41) is 0. The summed E-state index contributed by atoms with van der Waals surface area (Å²) >= 11 is 0. The number of carbonyl (C=O) groups is 1. The van der Waals surface area contributed by atoms with Gasteiger partial charge in [-0.3, -0.25) is 4.79 Å². The van der Waals surface area contributed by atoms with E-state index in [0.29, 0.717) is 11.8 Å². The van der Waals surface area contributed by atoms with Crippen LogP contribution >= 0.6 is 0 Å². The molecule has 0 radical (unpaired) electrons. The molecule has 1 aromatic rings.